The number of likely N-dealkylation sites (tertiary alicyclic amines) is 1. The monoisotopic (exact) mass is 420 g/mol. The van der Waals surface area contributed by atoms with Gasteiger partial charge in [0.1, 0.15) is 5.82 Å². The number of amides is 2. The lowest BCUT2D eigenvalue weighted by molar-refractivity contribution is -0.137. The van der Waals surface area contributed by atoms with Crippen molar-refractivity contribution in [2.24, 2.45) is 5.92 Å². The quantitative estimate of drug-likeness (QED) is 0.781. The molecule has 2 heterocycles. The van der Waals surface area contributed by atoms with Gasteiger partial charge in [-0.2, -0.15) is 13.2 Å². The fourth-order valence-corrected chi connectivity index (χ4v) is 3.29. The van der Waals surface area contributed by atoms with E-state index in [1.165, 1.54) is 11.0 Å². The number of benzene rings is 1. The molecular weight excluding hydrogens is 397 g/mol. The van der Waals surface area contributed by atoms with Gasteiger partial charge in [0.15, 0.2) is 0 Å². The molecule has 0 radical (unpaired) electrons. The summed E-state index contributed by atoms with van der Waals surface area (Å²) in [5.41, 5.74) is 0.459. The van der Waals surface area contributed by atoms with Crippen molar-refractivity contribution in [1.29, 1.82) is 0 Å². The number of halogens is 3. The molecule has 0 aliphatic carbocycles. The molecule has 2 aromatic rings. The van der Waals surface area contributed by atoms with Crippen LogP contribution >= 0.6 is 0 Å². The second-order valence-electron chi connectivity index (χ2n) is 7.51. The van der Waals surface area contributed by atoms with Gasteiger partial charge in [0.25, 0.3) is 0 Å². The Balaban J connectivity index is 1.55. The van der Waals surface area contributed by atoms with Gasteiger partial charge in [-0.15, -0.1) is 0 Å². The molecule has 6 nitrogen and oxygen atoms in total. The van der Waals surface area contributed by atoms with Crippen LogP contribution in [0.2, 0.25) is 0 Å². The molecule has 1 aromatic carbocycles. The van der Waals surface area contributed by atoms with Crippen LogP contribution in [0, 0.1) is 5.92 Å². The SMILES string of the molecule is CN(C)c1ccc(CNC(=O)[C@H]2CC(=O)N(Cc3cccc(C(F)(F)F)c3)C2)cn1. The van der Waals surface area contributed by atoms with Crippen LogP contribution < -0.4 is 10.2 Å². The summed E-state index contributed by atoms with van der Waals surface area (Å²) in [6.45, 7) is 0.513. The van der Waals surface area contributed by atoms with E-state index in [9.17, 15) is 22.8 Å². The van der Waals surface area contributed by atoms with Gasteiger partial charge in [0.05, 0.1) is 11.5 Å². The highest BCUT2D eigenvalue weighted by Crippen LogP contribution is 2.30. The molecule has 1 aliphatic rings. The fourth-order valence-electron chi connectivity index (χ4n) is 3.29. The first-order valence-corrected chi connectivity index (χ1v) is 9.47. The molecule has 9 heteroatoms. The minimum Gasteiger partial charge on any atom is -0.363 e. The Morgan fingerprint density at radius 3 is 2.63 bits per heavy atom. The van der Waals surface area contributed by atoms with Crippen LogP contribution in [-0.2, 0) is 28.9 Å². The number of anilines is 1. The Kier molecular flexibility index (Phi) is 6.28. The average molecular weight is 420 g/mol. The van der Waals surface area contributed by atoms with Crippen LogP contribution in [0.1, 0.15) is 23.1 Å². The molecule has 0 saturated carbocycles. The summed E-state index contributed by atoms with van der Waals surface area (Å²) in [5.74, 6) is -0.231. The summed E-state index contributed by atoms with van der Waals surface area (Å²) in [7, 11) is 3.76. The smallest absolute Gasteiger partial charge is 0.363 e. The number of pyridine rings is 1. The molecule has 1 saturated heterocycles. The molecule has 30 heavy (non-hydrogen) atoms. The lowest BCUT2D eigenvalue weighted by atomic mass is 10.1. The fraction of sp³-hybridized carbons (Fsp3) is 0.381. The van der Waals surface area contributed by atoms with E-state index in [0.29, 0.717) is 5.56 Å². The number of alkyl halides is 3. The molecule has 1 aromatic heterocycles. The van der Waals surface area contributed by atoms with Crippen LogP contribution in [0.15, 0.2) is 42.6 Å². The first kappa shape index (κ1) is 21.6. The van der Waals surface area contributed by atoms with Gasteiger partial charge >= 0.3 is 6.18 Å². The van der Waals surface area contributed by atoms with Gasteiger partial charge in [-0.05, 0) is 29.3 Å². The van der Waals surface area contributed by atoms with Crippen LogP contribution in [0.4, 0.5) is 19.0 Å². The molecule has 3 rings (SSSR count). The highest BCUT2D eigenvalue weighted by atomic mass is 19.4. The maximum atomic E-state index is 12.9. The molecule has 0 spiro atoms. The van der Waals surface area contributed by atoms with Crippen molar-refractivity contribution in [2.45, 2.75) is 25.7 Å². The topological polar surface area (TPSA) is 65.5 Å². The second kappa shape index (κ2) is 8.73. The Labute approximate surface area is 172 Å². The molecule has 0 unspecified atom stereocenters. The molecule has 1 N–H and O–H groups in total. The summed E-state index contributed by atoms with van der Waals surface area (Å²) < 4.78 is 38.6. The first-order valence-electron chi connectivity index (χ1n) is 9.47. The largest absolute Gasteiger partial charge is 0.416 e. The van der Waals surface area contributed by atoms with E-state index >= 15 is 0 Å². The molecule has 1 aliphatic heterocycles. The predicted octanol–water partition coefficient (Wildman–Crippen LogP) is 2.83. The molecule has 1 atom stereocenters. The summed E-state index contributed by atoms with van der Waals surface area (Å²) in [5, 5.41) is 2.80. The van der Waals surface area contributed by atoms with Crippen LogP contribution in [-0.4, -0.2) is 42.3 Å². The highest BCUT2D eigenvalue weighted by molar-refractivity contribution is 5.89. The normalized spacial score (nSPS) is 16.6. The van der Waals surface area contributed by atoms with E-state index in [-0.39, 0.29) is 37.9 Å². The van der Waals surface area contributed by atoms with Crippen LogP contribution in [0.3, 0.4) is 0 Å². The zero-order valence-electron chi connectivity index (χ0n) is 16.7. The minimum atomic E-state index is -4.44. The number of aromatic nitrogens is 1. The zero-order chi connectivity index (χ0) is 21.9. The van der Waals surface area contributed by atoms with Gasteiger partial charge in [-0.1, -0.05) is 18.2 Å². The molecule has 2 amide bonds. The standard InChI is InChI=1S/C21H23F3N4O2/c1-27(2)18-7-6-15(10-25-18)11-26-20(30)16-9-19(29)28(13-16)12-14-4-3-5-17(8-14)21(22,23)24/h3-8,10,16H,9,11-13H2,1-2H3,(H,26,30)/t16-/m0/s1. The van der Waals surface area contributed by atoms with Crippen molar-refractivity contribution >= 4 is 17.6 Å². The number of carbonyl (C=O) groups is 2. The molecule has 1 fully saturated rings. The van der Waals surface area contributed by atoms with Gasteiger partial charge in [-0.3, -0.25) is 9.59 Å². The number of rotatable bonds is 6. The maximum Gasteiger partial charge on any atom is 0.416 e. The summed E-state index contributed by atoms with van der Waals surface area (Å²) in [4.78, 5) is 32.3. The zero-order valence-corrected chi connectivity index (χ0v) is 16.7. The minimum absolute atomic E-state index is 0.0441. The van der Waals surface area contributed by atoms with Crippen molar-refractivity contribution in [1.82, 2.24) is 15.2 Å². The van der Waals surface area contributed by atoms with E-state index in [4.69, 9.17) is 0 Å². The van der Waals surface area contributed by atoms with Gasteiger partial charge < -0.3 is 15.1 Å². The van der Waals surface area contributed by atoms with Crippen LogP contribution in [0.5, 0.6) is 0 Å². The van der Waals surface area contributed by atoms with Gasteiger partial charge in [0.2, 0.25) is 11.8 Å². The third kappa shape index (κ3) is 5.28. The summed E-state index contributed by atoms with van der Waals surface area (Å²) in [6, 6.07) is 8.59. The highest BCUT2D eigenvalue weighted by Gasteiger charge is 2.35. The van der Waals surface area contributed by atoms with Crippen LogP contribution in [0.25, 0.3) is 0 Å². The van der Waals surface area contributed by atoms with E-state index in [1.54, 1.807) is 12.3 Å². The molecule has 160 valence electrons. The Morgan fingerprint density at radius 2 is 2.00 bits per heavy atom. The lowest BCUT2D eigenvalue weighted by Gasteiger charge is -2.18. The third-order valence-corrected chi connectivity index (χ3v) is 4.95. The number of carbonyl (C=O) groups excluding carboxylic acids is 2. The Morgan fingerprint density at radius 1 is 1.23 bits per heavy atom. The van der Waals surface area contributed by atoms with Crippen molar-refractivity contribution in [2.75, 3.05) is 25.5 Å². The number of hydrogen-bond donors (Lipinski definition) is 1. The van der Waals surface area contributed by atoms with Gasteiger partial charge in [0, 0.05) is 46.3 Å². The van der Waals surface area contributed by atoms with E-state index in [0.717, 1.165) is 23.5 Å². The molecular formula is C21H23F3N4O2. The second-order valence-corrected chi connectivity index (χ2v) is 7.51. The average Bonchev–Trinajstić information content (AvgIpc) is 3.06. The molecule has 0 bridgehead atoms. The van der Waals surface area contributed by atoms with E-state index in [1.807, 2.05) is 31.1 Å². The van der Waals surface area contributed by atoms with E-state index in [2.05, 4.69) is 10.3 Å². The van der Waals surface area contributed by atoms with E-state index < -0.39 is 17.7 Å². The first-order chi connectivity index (χ1) is 14.1. The summed E-state index contributed by atoms with van der Waals surface area (Å²) in [6.07, 6.45) is -2.72. The third-order valence-electron chi connectivity index (χ3n) is 4.95. The predicted molar refractivity (Wildman–Crippen MR) is 105 cm³/mol. The maximum absolute atomic E-state index is 12.9. The van der Waals surface area contributed by atoms with Crippen molar-refractivity contribution in [3.8, 4) is 0 Å². The van der Waals surface area contributed by atoms with Gasteiger partial charge in [-0.25, -0.2) is 4.98 Å². The number of nitrogens with one attached hydrogen (secondary N) is 1. The van der Waals surface area contributed by atoms with Crippen molar-refractivity contribution in [3.63, 3.8) is 0 Å². The number of nitrogens with zero attached hydrogens (tertiary/aromatic N) is 3. The van der Waals surface area contributed by atoms with Crippen molar-refractivity contribution < 1.29 is 22.8 Å². The lowest BCUT2D eigenvalue weighted by Crippen LogP contribution is -2.32. The summed E-state index contributed by atoms with van der Waals surface area (Å²) >= 11 is 0. The Hall–Kier alpha value is -3.10. The Bertz CT molecular complexity index is 913. The number of hydrogen-bond acceptors (Lipinski definition) is 4. The van der Waals surface area contributed by atoms with Crippen molar-refractivity contribution in [3.05, 3.63) is 59.3 Å².